The highest BCUT2D eigenvalue weighted by molar-refractivity contribution is 7.21. The Labute approximate surface area is 295 Å². The second kappa shape index (κ2) is 11.8. The molecule has 6 bridgehead atoms. The van der Waals surface area contributed by atoms with Gasteiger partial charge in [0.15, 0.2) is 0 Å². The number of thiophene rings is 1. The Bertz CT molecular complexity index is 1770. The summed E-state index contributed by atoms with van der Waals surface area (Å²) in [4.78, 5) is 31.5. The zero-order chi connectivity index (χ0) is 33.5. The molecular weight excluding hydrogens is 627 g/mol. The molecule has 7 aliphatic carbocycles. The smallest absolute Gasteiger partial charge is 0.410 e. The largest absolute Gasteiger partial charge is 0.440 e. The van der Waals surface area contributed by atoms with Gasteiger partial charge in [-0.3, -0.25) is 4.79 Å². The Morgan fingerprint density at radius 3 is 2.51 bits per heavy atom. The third-order valence-corrected chi connectivity index (χ3v) is 15.3. The average molecular weight is 678 g/mol. The van der Waals surface area contributed by atoms with Gasteiger partial charge in [-0.25, -0.2) is 4.79 Å². The van der Waals surface area contributed by atoms with Crippen molar-refractivity contribution in [1.82, 2.24) is 4.90 Å². The van der Waals surface area contributed by atoms with Crippen molar-refractivity contribution in [2.45, 2.75) is 115 Å². The molecule has 4 atom stereocenters. The third kappa shape index (κ3) is 5.42. The molecule has 1 aromatic heterocycles. The van der Waals surface area contributed by atoms with Crippen molar-refractivity contribution in [2.75, 3.05) is 13.1 Å². The van der Waals surface area contributed by atoms with Gasteiger partial charge in [-0.05, 0) is 154 Å². The quantitative estimate of drug-likeness (QED) is 0.221. The molecule has 1 aliphatic heterocycles. The maximum Gasteiger partial charge on any atom is 0.410 e. The Kier molecular flexibility index (Phi) is 7.70. The Balaban J connectivity index is 1.09. The van der Waals surface area contributed by atoms with Crippen LogP contribution >= 0.6 is 11.3 Å². The average Bonchev–Trinajstić information content (AvgIpc) is 3.71. The lowest BCUT2D eigenvalue weighted by molar-refractivity contribution is -0.0641. The number of ether oxygens (including phenoxy) is 1. The van der Waals surface area contributed by atoms with Crippen molar-refractivity contribution < 1.29 is 19.4 Å². The van der Waals surface area contributed by atoms with Gasteiger partial charge < -0.3 is 14.7 Å². The first-order chi connectivity index (χ1) is 23.6. The summed E-state index contributed by atoms with van der Waals surface area (Å²) in [6.45, 7) is 6.06. The molecule has 8 aliphatic rings. The van der Waals surface area contributed by atoms with Gasteiger partial charge in [-0.2, -0.15) is 0 Å². The Hall–Kier alpha value is -2.96. The minimum Gasteiger partial charge on any atom is -0.440 e. The fourth-order valence-electron chi connectivity index (χ4n) is 12.2. The van der Waals surface area contributed by atoms with Gasteiger partial charge in [0.05, 0.1) is 17.5 Å². The molecule has 0 unspecified atom stereocenters. The van der Waals surface area contributed by atoms with E-state index in [9.17, 15) is 14.7 Å². The van der Waals surface area contributed by atoms with E-state index in [-0.39, 0.29) is 28.6 Å². The van der Waals surface area contributed by atoms with Gasteiger partial charge in [-0.15, -0.1) is 11.3 Å². The van der Waals surface area contributed by atoms with Crippen molar-refractivity contribution in [1.29, 1.82) is 0 Å². The molecular formula is C43H51NO4S. The molecule has 6 fully saturated rings. The van der Waals surface area contributed by atoms with Gasteiger partial charge in [0.2, 0.25) is 5.78 Å². The topological polar surface area (TPSA) is 66.8 Å². The predicted molar refractivity (Wildman–Crippen MR) is 195 cm³/mol. The summed E-state index contributed by atoms with van der Waals surface area (Å²) in [6.07, 6.45) is 15.4. The summed E-state index contributed by atoms with van der Waals surface area (Å²) in [5.41, 5.74) is 3.49. The molecule has 0 radical (unpaired) electrons. The predicted octanol–water partition coefficient (Wildman–Crippen LogP) is 9.85. The van der Waals surface area contributed by atoms with Crippen molar-refractivity contribution in [2.24, 2.45) is 28.6 Å². The van der Waals surface area contributed by atoms with Crippen molar-refractivity contribution in [3.8, 4) is 0 Å². The molecule has 11 rings (SSSR count). The molecule has 1 spiro atoms. The monoisotopic (exact) mass is 677 g/mol. The molecule has 5 nitrogen and oxygen atoms in total. The first-order valence-corrected chi connectivity index (χ1v) is 19.9. The van der Waals surface area contributed by atoms with E-state index in [1.807, 2.05) is 18.2 Å². The number of hydrogen-bond acceptors (Lipinski definition) is 5. The fraction of sp³-hybridized carbons (Fsp3) is 0.581. The SMILES string of the molecule is CC1=CCC[C@@]2(C)[C@@H](CC[C@@]23CN(CC24CC5CC(CC(C5)C2)C4)C(=O)O3)c2ccc(cc2C(=O)c2cc3ccccc3s2)C[C@@H](O)CC1. The highest BCUT2D eigenvalue weighted by Gasteiger charge is 2.65. The van der Waals surface area contributed by atoms with E-state index in [0.29, 0.717) is 19.4 Å². The highest BCUT2D eigenvalue weighted by atomic mass is 32.1. The summed E-state index contributed by atoms with van der Waals surface area (Å²) in [6, 6.07) is 16.6. The number of nitrogens with zero attached hydrogens (tertiary/aromatic N) is 1. The van der Waals surface area contributed by atoms with Gasteiger partial charge in [-0.1, -0.05) is 48.9 Å². The number of amides is 1. The number of aliphatic hydroxyl groups excluding tert-OH is 1. The Morgan fingerprint density at radius 1 is 1.00 bits per heavy atom. The van der Waals surface area contributed by atoms with Crippen LogP contribution in [0.2, 0.25) is 0 Å². The van der Waals surface area contributed by atoms with Crippen LogP contribution in [0.5, 0.6) is 0 Å². The number of ketones is 1. The molecule has 1 N–H and O–H groups in total. The van der Waals surface area contributed by atoms with E-state index in [1.165, 1.54) is 44.1 Å². The van der Waals surface area contributed by atoms with E-state index < -0.39 is 11.7 Å². The summed E-state index contributed by atoms with van der Waals surface area (Å²) >= 11 is 1.56. The van der Waals surface area contributed by atoms with Crippen LogP contribution < -0.4 is 0 Å². The fourth-order valence-corrected chi connectivity index (χ4v) is 13.2. The van der Waals surface area contributed by atoms with Crippen LogP contribution in [0.25, 0.3) is 10.1 Å². The summed E-state index contributed by atoms with van der Waals surface area (Å²) < 4.78 is 7.85. The van der Waals surface area contributed by atoms with Crippen LogP contribution in [0, 0.1) is 28.6 Å². The first kappa shape index (κ1) is 32.0. The van der Waals surface area contributed by atoms with E-state index in [1.54, 1.807) is 11.3 Å². The number of fused-ring (bicyclic) bond motifs is 9. The zero-order valence-corrected chi connectivity index (χ0v) is 30.0. The van der Waals surface area contributed by atoms with Crippen LogP contribution in [0.3, 0.4) is 0 Å². The van der Waals surface area contributed by atoms with Crippen LogP contribution in [-0.2, 0) is 11.2 Å². The molecule has 2 heterocycles. The number of hydrogen-bond donors (Lipinski definition) is 1. The van der Waals surface area contributed by atoms with Gasteiger partial charge in [0.1, 0.15) is 5.60 Å². The normalized spacial score (nSPS) is 37.0. The molecule has 6 heteroatoms. The molecule has 3 aromatic rings. The summed E-state index contributed by atoms with van der Waals surface area (Å²) in [5.74, 6) is 2.68. The van der Waals surface area contributed by atoms with Gasteiger partial charge in [0, 0.05) is 22.2 Å². The maximum atomic E-state index is 14.6. The van der Waals surface area contributed by atoms with E-state index in [2.05, 4.69) is 55.2 Å². The number of carbonyl (C=O) groups excluding carboxylic acids is 2. The van der Waals surface area contributed by atoms with E-state index in [4.69, 9.17) is 4.74 Å². The van der Waals surface area contributed by atoms with Crippen LogP contribution in [0.1, 0.15) is 123 Å². The zero-order valence-electron chi connectivity index (χ0n) is 29.2. The Morgan fingerprint density at radius 2 is 1.76 bits per heavy atom. The van der Waals surface area contributed by atoms with Crippen molar-refractivity contribution >= 4 is 33.3 Å². The second-order valence-corrected chi connectivity index (χ2v) is 18.6. The number of benzene rings is 2. The number of rotatable bonds is 4. The number of aliphatic hydroxyl groups is 1. The van der Waals surface area contributed by atoms with Crippen LogP contribution in [0.15, 0.2) is 60.2 Å². The van der Waals surface area contributed by atoms with Crippen LogP contribution in [-0.4, -0.2) is 46.7 Å². The van der Waals surface area contributed by atoms with E-state index in [0.717, 1.165) is 88.1 Å². The van der Waals surface area contributed by atoms with Gasteiger partial charge in [0.25, 0.3) is 0 Å². The van der Waals surface area contributed by atoms with E-state index >= 15 is 0 Å². The van der Waals surface area contributed by atoms with Crippen molar-refractivity contribution in [3.63, 3.8) is 0 Å². The third-order valence-electron chi connectivity index (χ3n) is 14.2. The van der Waals surface area contributed by atoms with Crippen LogP contribution in [0.4, 0.5) is 4.79 Å². The molecule has 2 aromatic carbocycles. The maximum absolute atomic E-state index is 14.6. The number of allylic oxidation sites excluding steroid dienone is 2. The first-order valence-electron chi connectivity index (χ1n) is 19.1. The molecule has 1 saturated heterocycles. The minimum absolute atomic E-state index is 0.0607. The van der Waals surface area contributed by atoms with Crippen molar-refractivity contribution in [3.05, 3.63) is 81.7 Å². The standard InChI is InChI=1S/C43H51NO4S/c1-27-6-5-14-41(2)36(13-15-43(41)26-44(40(47)48-43)25-42-22-29-16-30(23-42)18-31(17-29)24-42)34-12-10-28(19-33(45)11-9-27)20-35(34)39(46)38-21-32-7-3-4-8-37(32)49-38/h3-4,6-8,10,12,20-21,29-31,33,36,45H,5,9,11,13-19,22-26H2,1-2H3/t29?,30?,31?,33-,36-,41-,42?,43+/m0/s1. The summed E-state index contributed by atoms with van der Waals surface area (Å²) in [7, 11) is 0. The minimum atomic E-state index is -0.581. The lowest BCUT2D eigenvalue weighted by Crippen LogP contribution is -2.52. The lowest BCUT2D eigenvalue weighted by atomic mass is 9.49. The highest BCUT2D eigenvalue weighted by Crippen LogP contribution is 2.64. The summed E-state index contributed by atoms with van der Waals surface area (Å²) in [5, 5.41) is 12.1. The lowest BCUT2D eigenvalue weighted by Gasteiger charge is -2.57. The molecule has 1 amide bonds. The molecule has 49 heavy (non-hydrogen) atoms. The molecule has 258 valence electrons. The molecule has 5 saturated carbocycles. The second-order valence-electron chi connectivity index (χ2n) is 17.5. The van der Waals surface area contributed by atoms with Gasteiger partial charge >= 0.3 is 6.09 Å². The number of carbonyl (C=O) groups is 2.